The Morgan fingerprint density at radius 1 is 1.11 bits per heavy atom. The molecule has 0 spiro atoms. The van der Waals surface area contributed by atoms with Gasteiger partial charge in [-0.25, -0.2) is 4.98 Å². The third-order valence-electron chi connectivity index (χ3n) is 5.93. The van der Waals surface area contributed by atoms with Gasteiger partial charge in [-0.2, -0.15) is 13.2 Å². The minimum Gasteiger partial charge on any atom is -0.325 e. The van der Waals surface area contributed by atoms with Crippen LogP contribution in [0.4, 0.5) is 18.9 Å². The fourth-order valence-electron chi connectivity index (χ4n) is 4.25. The van der Waals surface area contributed by atoms with Gasteiger partial charge in [-0.3, -0.25) is 14.2 Å². The molecule has 4 aromatic rings. The molecule has 2 aromatic carbocycles. The summed E-state index contributed by atoms with van der Waals surface area (Å²) >= 11 is 14.2. The largest absolute Gasteiger partial charge is 0.417 e. The van der Waals surface area contributed by atoms with E-state index in [0.29, 0.717) is 26.1 Å². The normalized spacial score (nSPS) is 13.5. The van der Waals surface area contributed by atoms with Crippen LogP contribution in [-0.2, 0) is 23.8 Å². The van der Waals surface area contributed by atoms with Crippen LogP contribution in [0, 0.1) is 0 Å². The second-order valence-corrected chi connectivity index (χ2v) is 11.3. The summed E-state index contributed by atoms with van der Waals surface area (Å²) in [6.07, 6.45) is -0.851. The van der Waals surface area contributed by atoms with Crippen LogP contribution >= 0.6 is 46.3 Å². The molecule has 5 nitrogen and oxygen atoms in total. The zero-order chi connectivity index (χ0) is 26.3. The van der Waals surface area contributed by atoms with Crippen LogP contribution in [0.1, 0.15) is 28.8 Å². The Morgan fingerprint density at radius 2 is 1.84 bits per heavy atom. The summed E-state index contributed by atoms with van der Waals surface area (Å²) < 4.78 is 41.0. The van der Waals surface area contributed by atoms with Crippen LogP contribution in [0.15, 0.2) is 52.4 Å². The number of aryl methyl sites for hydroxylation is 2. The summed E-state index contributed by atoms with van der Waals surface area (Å²) in [6.45, 7) is 0. The molecule has 0 radical (unpaired) electrons. The fourth-order valence-corrected chi connectivity index (χ4v) is 6.71. The molecule has 5 rings (SSSR count). The number of thioether (sulfide) groups is 1. The summed E-state index contributed by atoms with van der Waals surface area (Å²) in [7, 11) is 0. The maximum Gasteiger partial charge on any atom is 0.417 e. The molecule has 0 bridgehead atoms. The maximum absolute atomic E-state index is 13.7. The van der Waals surface area contributed by atoms with Crippen LogP contribution in [0.25, 0.3) is 15.9 Å². The van der Waals surface area contributed by atoms with Crippen LogP contribution in [0.3, 0.4) is 0 Å². The highest BCUT2D eigenvalue weighted by atomic mass is 35.5. The minimum absolute atomic E-state index is 0.0354. The molecule has 192 valence electrons. The average molecular weight is 584 g/mol. The number of amides is 1. The summed E-state index contributed by atoms with van der Waals surface area (Å²) in [5.74, 6) is -0.733. The van der Waals surface area contributed by atoms with Gasteiger partial charge in [-0.15, -0.1) is 11.3 Å². The number of hydrogen-bond donors (Lipinski definition) is 1. The highest BCUT2D eigenvalue weighted by Gasteiger charge is 2.33. The van der Waals surface area contributed by atoms with Gasteiger partial charge in [0.1, 0.15) is 4.83 Å². The Bertz CT molecular complexity index is 1570. The number of nitrogens with zero attached hydrogens (tertiary/aromatic N) is 2. The number of aromatic nitrogens is 2. The van der Waals surface area contributed by atoms with Crippen molar-refractivity contribution in [3.63, 3.8) is 0 Å². The number of benzene rings is 2. The lowest BCUT2D eigenvalue weighted by Crippen LogP contribution is -2.23. The van der Waals surface area contributed by atoms with Gasteiger partial charge < -0.3 is 5.32 Å². The van der Waals surface area contributed by atoms with Gasteiger partial charge in [0.05, 0.1) is 27.4 Å². The first-order valence-electron chi connectivity index (χ1n) is 11.2. The SMILES string of the molecule is O=C(CSc1nc2sc3c(c2c(=O)n1-c1ccc(Cl)cc1)CCCC3)Nc1ccc(Cl)c(C(F)(F)F)c1. The van der Waals surface area contributed by atoms with E-state index in [0.717, 1.165) is 60.0 Å². The second kappa shape index (κ2) is 10.3. The van der Waals surface area contributed by atoms with Crippen molar-refractivity contribution >= 4 is 68.1 Å². The summed E-state index contributed by atoms with van der Waals surface area (Å²) in [5, 5.41) is 3.42. The summed E-state index contributed by atoms with van der Waals surface area (Å²) in [5.41, 5.74) is 0.304. The van der Waals surface area contributed by atoms with E-state index in [4.69, 9.17) is 28.2 Å². The number of carbonyl (C=O) groups excluding carboxylic acids is 1. The molecule has 12 heteroatoms. The third-order valence-corrected chi connectivity index (χ3v) is 8.64. The van der Waals surface area contributed by atoms with Crippen molar-refractivity contribution in [2.45, 2.75) is 37.0 Å². The molecule has 37 heavy (non-hydrogen) atoms. The van der Waals surface area contributed by atoms with E-state index < -0.39 is 22.7 Å². The third kappa shape index (κ3) is 5.38. The standard InChI is InChI=1S/C25H18Cl2F3N3O2S2/c26-13-5-8-15(9-6-13)33-23(35)21-16-3-1-2-4-19(16)37-22(21)32-24(33)36-12-20(34)31-14-7-10-18(27)17(11-14)25(28,29)30/h5-11H,1-4,12H2,(H,31,34). The van der Waals surface area contributed by atoms with Gasteiger partial charge in [0.15, 0.2) is 5.16 Å². The number of carbonyl (C=O) groups is 1. The number of nitrogens with one attached hydrogen (secondary N) is 1. The molecule has 1 amide bonds. The fraction of sp³-hybridized carbons (Fsp3) is 0.240. The predicted octanol–water partition coefficient (Wildman–Crippen LogP) is 7.38. The Hall–Kier alpha value is -2.53. The van der Waals surface area contributed by atoms with Crippen molar-refractivity contribution in [3.05, 3.63) is 78.9 Å². The zero-order valence-corrected chi connectivity index (χ0v) is 22.1. The number of hydrogen-bond acceptors (Lipinski definition) is 5. The molecule has 1 aliphatic carbocycles. The molecule has 0 unspecified atom stereocenters. The van der Waals surface area contributed by atoms with E-state index in [1.165, 1.54) is 22.0 Å². The first kappa shape index (κ1) is 26.1. The highest BCUT2D eigenvalue weighted by molar-refractivity contribution is 7.99. The van der Waals surface area contributed by atoms with Crippen molar-refractivity contribution < 1.29 is 18.0 Å². The Balaban J connectivity index is 1.47. The highest BCUT2D eigenvalue weighted by Crippen LogP contribution is 2.37. The number of thiophene rings is 1. The second-order valence-electron chi connectivity index (χ2n) is 8.43. The van der Waals surface area contributed by atoms with Crippen LogP contribution in [0.5, 0.6) is 0 Å². The van der Waals surface area contributed by atoms with E-state index in [-0.39, 0.29) is 17.0 Å². The number of alkyl halides is 3. The van der Waals surface area contributed by atoms with Crippen molar-refractivity contribution in [3.8, 4) is 5.69 Å². The van der Waals surface area contributed by atoms with Crippen molar-refractivity contribution in [2.24, 2.45) is 0 Å². The van der Waals surface area contributed by atoms with Gasteiger partial charge in [0.25, 0.3) is 5.56 Å². The van der Waals surface area contributed by atoms with E-state index in [1.807, 2.05) is 0 Å². The zero-order valence-electron chi connectivity index (χ0n) is 19.0. The lowest BCUT2D eigenvalue weighted by molar-refractivity contribution is -0.137. The quantitative estimate of drug-likeness (QED) is 0.196. The Morgan fingerprint density at radius 3 is 2.57 bits per heavy atom. The minimum atomic E-state index is -4.65. The van der Waals surface area contributed by atoms with Crippen molar-refractivity contribution in [2.75, 3.05) is 11.1 Å². The molecule has 0 aliphatic heterocycles. The smallest absolute Gasteiger partial charge is 0.325 e. The molecular formula is C25H18Cl2F3N3O2S2. The average Bonchev–Trinajstić information content (AvgIpc) is 3.23. The van der Waals surface area contributed by atoms with Gasteiger partial charge in [-0.1, -0.05) is 35.0 Å². The lowest BCUT2D eigenvalue weighted by atomic mass is 9.97. The molecular weight excluding hydrogens is 566 g/mol. The van der Waals surface area contributed by atoms with E-state index >= 15 is 0 Å². The molecule has 0 saturated carbocycles. The summed E-state index contributed by atoms with van der Waals surface area (Å²) in [4.78, 5) is 32.9. The lowest BCUT2D eigenvalue weighted by Gasteiger charge is -2.14. The summed E-state index contributed by atoms with van der Waals surface area (Å²) in [6, 6.07) is 9.89. The Labute approximate surface area is 227 Å². The van der Waals surface area contributed by atoms with Gasteiger partial charge in [-0.05, 0) is 73.7 Å². The van der Waals surface area contributed by atoms with E-state index in [2.05, 4.69) is 5.32 Å². The maximum atomic E-state index is 13.7. The van der Waals surface area contributed by atoms with Gasteiger partial charge >= 0.3 is 6.18 Å². The van der Waals surface area contributed by atoms with Crippen molar-refractivity contribution in [1.29, 1.82) is 0 Å². The number of rotatable bonds is 5. The van der Waals surface area contributed by atoms with Crippen molar-refractivity contribution in [1.82, 2.24) is 9.55 Å². The molecule has 0 atom stereocenters. The first-order chi connectivity index (χ1) is 17.6. The molecule has 2 heterocycles. The van der Waals surface area contributed by atoms with Gasteiger partial charge in [0.2, 0.25) is 5.91 Å². The monoisotopic (exact) mass is 583 g/mol. The van der Waals surface area contributed by atoms with Crippen LogP contribution < -0.4 is 10.9 Å². The van der Waals surface area contributed by atoms with Crippen LogP contribution in [-0.4, -0.2) is 21.2 Å². The number of anilines is 1. The van der Waals surface area contributed by atoms with E-state index in [1.54, 1.807) is 24.3 Å². The number of halogens is 5. The molecule has 0 saturated heterocycles. The molecule has 1 aliphatic rings. The predicted molar refractivity (Wildman–Crippen MR) is 143 cm³/mol. The van der Waals surface area contributed by atoms with Crippen LogP contribution in [0.2, 0.25) is 10.0 Å². The first-order valence-corrected chi connectivity index (χ1v) is 13.8. The molecule has 1 N–H and O–H groups in total. The Kier molecular flexibility index (Phi) is 7.28. The topological polar surface area (TPSA) is 64.0 Å². The van der Waals surface area contributed by atoms with Gasteiger partial charge in [0, 0.05) is 15.6 Å². The molecule has 2 aromatic heterocycles. The molecule has 0 fully saturated rings. The van der Waals surface area contributed by atoms with E-state index in [9.17, 15) is 22.8 Å². The number of fused-ring (bicyclic) bond motifs is 3.